The van der Waals surface area contributed by atoms with Crippen LogP contribution in [0.15, 0.2) is 24.3 Å². The summed E-state index contributed by atoms with van der Waals surface area (Å²) in [4.78, 5) is 11.9. The zero-order valence-corrected chi connectivity index (χ0v) is 13.4. The third-order valence-electron chi connectivity index (χ3n) is 3.13. The Morgan fingerprint density at radius 2 is 2.00 bits per heavy atom. The summed E-state index contributed by atoms with van der Waals surface area (Å²) in [6.07, 6.45) is -1.29. The normalized spacial score (nSPS) is 16.6. The third kappa shape index (κ3) is 5.90. The molecule has 0 bridgehead atoms. The van der Waals surface area contributed by atoms with Crippen molar-refractivity contribution in [2.24, 2.45) is 0 Å². The number of benzene rings is 1. The fraction of sp³-hybridized carbons (Fsp3) is 0.533. The van der Waals surface area contributed by atoms with Gasteiger partial charge in [0.1, 0.15) is 6.10 Å². The number of amides is 1. The van der Waals surface area contributed by atoms with E-state index in [1.807, 2.05) is 0 Å². The van der Waals surface area contributed by atoms with E-state index in [0.717, 1.165) is 0 Å². The highest BCUT2D eigenvalue weighted by molar-refractivity contribution is 6.30. The fourth-order valence-corrected chi connectivity index (χ4v) is 2.21. The van der Waals surface area contributed by atoms with Crippen molar-refractivity contribution in [2.75, 3.05) is 20.3 Å². The van der Waals surface area contributed by atoms with E-state index < -0.39 is 30.3 Å². The maximum Gasteiger partial charge on any atom is 0.223 e. The van der Waals surface area contributed by atoms with Gasteiger partial charge < -0.3 is 25.4 Å². The second-order valence-electron chi connectivity index (χ2n) is 5.46. The van der Waals surface area contributed by atoms with Gasteiger partial charge in [0.25, 0.3) is 0 Å². The lowest BCUT2D eigenvalue weighted by Gasteiger charge is -2.26. The number of aliphatic hydroxyl groups is 3. The van der Waals surface area contributed by atoms with Crippen molar-refractivity contribution in [3.63, 3.8) is 0 Å². The number of ether oxygens (including phenoxy) is 1. The van der Waals surface area contributed by atoms with Crippen LogP contribution in [0.3, 0.4) is 0 Å². The predicted octanol–water partition coefficient (Wildman–Crippen LogP) is 0.638. The maximum atomic E-state index is 11.9. The van der Waals surface area contributed by atoms with E-state index in [2.05, 4.69) is 5.32 Å². The summed E-state index contributed by atoms with van der Waals surface area (Å²) < 4.78 is 4.83. The highest BCUT2D eigenvalue weighted by Gasteiger charge is 2.28. The summed E-state index contributed by atoms with van der Waals surface area (Å²) in [5.74, 6) is -0.492. The van der Waals surface area contributed by atoms with Gasteiger partial charge >= 0.3 is 0 Å². The summed E-state index contributed by atoms with van der Waals surface area (Å²) in [5, 5.41) is 32.6. The smallest absolute Gasteiger partial charge is 0.223 e. The number of rotatable bonds is 8. The lowest BCUT2D eigenvalue weighted by atomic mass is 10.0. The van der Waals surface area contributed by atoms with Crippen molar-refractivity contribution in [1.82, 2.24) is 5.32 Å². The largest absolute Gasteiger partial charge is 0.394 e. The Morgan fingerprint density at radius 1 is 1.41 bits per heavy atom. The Bertz CT molecular complexity index is 477. The number of halogens is 1. The first-order chi connectivity index (χ1) is 10.3. The van der Waals surface area contributed by atoms with Gasteiger partial charge in [-0.3, -0.25) is 4.79 Å². The number of hydrogen-bond donors (Lipinski definition) is 4. The molecule has 0 spiro atoms. The van der Waals surface area contributed by atoms with Gasteiger partial charge in [-0.1, -0.05) is 23.7 Å². The first-order valence-electron chi connectivity index (χ1n) is 6.84. The van der Waals surface area contributed by atoms with Crippen LogP contribution in [-0.4, -0.2) is 53.2 Å². The van der Waals surface area contributed by atoms with Crippen LogP contribution in [0.1, 0.15) is 25.0 Å². The minimum atomic E-state index is -1.32. The molecule has 1 amide bonds. The molecule has 7 heteroatoms. The van der Waals surface area contributed by atoms with Crippen LogP contribution in [0.2, 0.25) is 5.02 Å². The van der Waals surface area contributed by atoms with Gasteiger partial charge in [0.15, 0.2) is 0 Å². The van der Waals surface area contributed by atoms with Crippen molar-refractivity contribution in [3.8, 4) is 0 Å². The van der Waals surface area contributed by atoms with Crippen molar-refractivity contribution < 1.29 is 24.9 Å². The molecular formula is C15H22ClNO5. The molecule has 22 heavy (non-hydrogen) atoms. The van der Waals surface area contributed by atoms with E-state index in [4.69, 9.17) is 16.3 Å². The van der Waals surface area contributed by atoms with Crippen LogP contribution in [0, 0.1) is 0 Å². The Morgan fingerprint density at radius 3 is 2.50 bits per heavy atom. The molecule has 0 aliphatic heterocycles. The molecule has 124 valence electrons. The van der Waals surface area contributed by atoms with E-state index in [9.17, 15) is 20.1 Å². The second-order valence-corrected chi connectivity index (χ2v) is 5.90. The molecule has 0 aliphatic carbocycles. The summed E-state index contributed by atoms with van der Waals surface area (Å²) in [6.45, 7) is 1.03. The molecule has 0 radical (unpaired) electrons. The molecule has 0 heterocycles. The molecule has 3 atom stereocenters. The van der Waals surface area contributed by atoms with Gasteiger partial charge in [-0.25, -0.2) is 0 Å². The van der Waals surface area contributed by atoms with Crippen LogP contribution < -0.4 is 5.32 Å². The monoisotopic (exact) mass is 331 g/mol. The molecular weight excluding hydrogens is 310 g/mol. The van der Waals surface area contributed by atoms with Gasteiger partial charge in [0.05, 0.1) is 31.3 Å². The maximum absolute atomic E-state index is 11.9. The summed E-state index contributed by atoms with van der Waals surface area (Å²) in [6, 6.07) is 5.57. The molecule has 1 aromatic rings. The second kappa shape index (κ2) is 8.45. The minimum absolute atomic E-state index is 0.00392. The molecule has 0 aliphatic rings. The van der Waals surface area contributed by atoms with Gasteiger partial charge in [0.2, 0.25) is 5.91 Å². The number of methoxy groups -OCH3 is 1. The first-order valence-corrected chi connectivity index (χ1v) is 7.22. The van der Waals surface area contributed by atoms with E-state index in [0.29, 0.717) is 10.6 Å². The predicted molar refractivity (Wildman–Crippen MR) is 82.5 cm³/mol. The van der Waals surface area contributed by atoms with Crippen LogP contribution in [0.25, 0.3) is 0 Å². The standard InChI is InChI=1S/C15H22ClNO5/c1-15(21,9-22-2)7-13(19)17-12(8-18)14(20)10-3-5-11(16)6-4-10/h3-6,12,14,18,20-21H,7-9H2,1-2H3,(H,17,19). The summed E-state index contributed by atoms with van der Waals surface area (Å²) in [7, 11) is 1.42. The SMILES string of the molecule is COCC(C)(O)CC(=O)NC(CO)C(O)c1ccc(Cl)cc1. The number of carbonyl (C=O) groups is 1. The molecule has 6 nitrogen and oxygen atoms in total. The molecule has 0 saturated heterocycles. The Labute approximate surface area is 134 Å². The molecule has 1 aromatic carbocycles. The number of hydrogen-bond acceptors (Lipinski definition) is 5. The number of carbonyl (C=O) groups excluding carboxylic acids is 1. The van der Waals surface area contributed by atoms with Crippen LogP contribution >= 0.6 is 11.6 Å². The lowest BCUT2D eigenvalue weighted by Crippen LogP contribution is -2.45. The quantitative estimate of drug-likeness (QED) is 0.560. The lowest BCUT2D eigenvalue weighted by molar-refractivity contribution is -0.129. The molecule has 0 aromatic heterocycles. The first kappa shape index (κ1) is 18.9. The highest BCUT2D eigenvalue weighted by Crippen LogP contribution is 2.20. The Balaban J connectivity index is 2.67. The topological polar surface area (TPSA) is 99.0 Å². The molecule has 4 N–H and O–H groups in total. The van der Waals surface area contributed by atoms with Crippen LogP contribution in [0.4, 0.5) is 0 Å². The zero-order chi connectivity index (χ0) is 16.8. The average Bonchev–Trinajstić information content (AvgIpc) is 2.44. The van der Waals surface area contributed by atoms with Crippen molar-refractivity contribution in [1.29, 1.82) is 0 Å². The highest BCUT2D eigenvalue weighted by atomic mass is 35.5. The van der Waals surface area contributed by atoms with E-state index in [1.54, 1.807) is 24.3 Å². The van der Waals surface area contributed by atoms with Gasteiger partial charge in [0, 0.05) is 12.1 Å². The molecule has 0 fully saturated rings. The summed E-state index contributed by atoms with van der Waals surface area (Å²) >= 11 is 5.78. The van der Waals surface area contributed by atoms with Crippen LogP contribution in [-0.2, 0) is 9.53 Å². The van der Waals surface area contributed by atoms with E-state index in [-0.39, 0.29) is 13.0 Å². The Kier molecular flexibility index (Phi) is 7.25. The van der Waals surface area contributed by atoms with E-state index in [1.165, 1.54) is 14.0 Å². The van der Waals surface area contributed by atoms with Crippen molar-refractivity contribution >= 4 is 17.5 Å². The van der Waals surface area contributed by atoms with Gasteiger partial charge in [-0.05, 0) is 24.6 Å². The van der Waals surface area contributed by atoms with Gasteiger partial charge in [-0.15, -0.1) is 0 Å². The van der Waals surface area contributed by atoms with Crippen molar-refractivity contribution in [2.45, 2.75) is 31.1 Å². The molecule has 3 unspecified atom stereocenters. The average molecular weight is 332 g/mol. The summed E-state index contributed by atoms with van der Waals surface area (Å²) in [5.41, 5.74) is -0.795. The fourth-order valence-electron chi connectivity index (χ4n) is 2.08. The Hall–Kier alpha value is -1.18. The van der Waals surface area contributed by atoms with E-state index >= 15 is 0 Å². The number of aliphatic hydroxyl groups excluding tert-OH is 2. The number of nitrogens with one attached hydrogen (secondary N) is 1. The zero-order valence-electron chi connectivity index (χ0n) is 12.6. The molecule has 0 saturated carbocycles. The molecule has 1 rings (SSSR count). The minimum Gasteiger partial charge on any atom is -0.394 e. The van der Waals surface area contributed by atoms with Gasteiger partial charge in [-0.2, -0.15) is 0 Å². The third-order valence-corrected chi connectivity index (χ3v) is 3.38. The van der Waals surface area contributed by atoms with Crippen molar-refractivity contribution in [3.05, 3.63) is 34.9 Å². The van der Waals surface area contributed by atoms with Crippen LogP contribution in [0.5, 0.6) is 0 Å².